The lowest BCUT2D eigenvalue weighted by Gasteiger charge is -2.18. The van der Waals surface area contributed by atoms with Crippen LogP contribution in [0.3, 0.4) is 0 Å². The van der Waals surface area contributed by atoms with Gasteiger partial charge >= 0.3 is 17.9 Å². The molecule has 1 rings (SSSR count). The first kappa shape index (κ1) is 18.1. The topological polar surface area (TPSA) is 138 Å². The Bertz CT molecular complexity index is 674. The third-order valence-electron chi connectivity index (χ3n) is 2.87. The molecule has 2 unspecified atom stereocenters. The highest BCUT2D eigenvalue weighted by Gasteiger charge is 2.28. The highest BCUT2D eigenvalue weighted by atomic mass is 16.6. The van der Waals surface area contributed by atoms with Crippen LogP contribution in [0.15, 0.2) is 30.9 Å². The average molecular weight is 322 g/mol. The van der Waals surface area contributed by atoms with Crippen molar-refractivity contribution in [1.82, 2.24) is 0 Å². The number of rotatable bonds is 7. The third kappa shape index (κ3) is 4.24. The molecule has 8 nitrogen and oxygen atoms in total. The van der Waals surface area contributed by atoms with E-state index in [9.17, 15) is 24.3 Å². The van der Waals surface area contributed by atoms with E-state index in [0.717, 1.165) is 24.3 Å². The van der Waals surface area contributed by atoms with Crippen LogP contribution in [0.2, 0.25) is 0 Å². The molecule has 0 aliphatic carbocycles. The molecule has 8 heteroatoms. The van der Waals surface area contributed by atoms with Gasteiger partial charge in [-0.3, -0.25) is 4.79 Å². The first-order valence-corrected chi connectivity index (χ1v) is 6.35. The van der Waals surface area contributed by atoms with Gasteiger partial charge in [0.05, 0.1) is 22.8 Å². The third-order valence-corrected chi connectivity index (χ3v) is 2.87. The zero-order chi connectivity index (χ0) is 17.7. The number of ketones is 1. The van der Waals surface area contributed by atoms with Crippen LogP contribution in [0.5, 0.6) is 0 Å². The number of carboxylic acids is 2. The molecule has 0 saturated carbocycles. The van der Waals surface area contributed by atoms with Crippen molar-refractivity contribution in [2.24, 2.45) is 0 Å². The second-order valence-corrected chi connectivity index (χ2v) is 4.54. The lowest BCUT2D eigenvalue weighted by molar-refractivity contribution is -0.128. The molecule has 23 heavy (non-hydrogen) atoms. The van der Waals surface area contributed by atoms with Gasteiger partial charge in [0.15, 0.2) is 11.9 Å². The van der Waals surface area contributed by atoms with Crippen LogP contribution in [-0.4, -0.2) is 51.2 Å². The summed E-state index contributed by atoms with van der Waals surface area (Å²) in [5.41, 5.74) is -1.36. The van der Waals surface area contributed by atoms with E-state index in [2.05, 4.69) is 6.58 Å². The lowest BCUT2D eigenvalue weighted by atomic mass is 10.0. The summed E-state index contributed by atoms with van der Waals surface area (Å²) in [7, 11) is 0. The Balaban J connectivity index is 3.26. The van der Waals surface area contributed by atoms with Gasteiger partial charge in [-0.1, -0.05) is 6.58 Å². The quantitative estimate of drug-likeness (QED) is 0.493. The maximum Gasteiger partial charge on any atom is 0.339 e. The number of carbonyl (C=O) groups is 4. The van der Waals surface area contributed by atoms with Gasteiger partial charge < -0.3 is 20.1 Å². The van der Waals surface area contributed by atoms with Gasteiger partial charge in [-0.05, 0) is 31.2 Å². The molecule has 2 atom stereocenters. The highest BCUT2D eigenvalue weighted by molar-refractivity contribution is 6.05. The van der Waals surface area contributed by atoms with Crippen LogP contribution in [0.4, 0.5) is 0 Å². The zero-order valence-corrected chi connectivity index (χ0v) is 12.1. The smallest absolute Gasteiger partial charge is 0.339 e. The van der Waals surface area contributed by atoms with E-state index in [1.165, 1.54) is 6.92 Å². The van der Waals surface area contributed by atoms with Crippen molar-refractivity contribution in [3.8, 4) is 0 Å². The number of hydrogen-bond acceptors (Lipinski definition) is 6. The number of hydrogen-bond donors (Lipinski definition) is 3. The van der Waals surface area contributed by atoms with Crippen molar-refractivity contribution in [1.29, 1.82) is 0 Å². The molecular weight excluding hydrogens is 308 g/mol. The van der Waals surface area contributed by atoms with Crippen LogP contribution in [-0.2, 0) is 9.53 Å². The molecule has 0 saturated heterocycles. The monoisotopic (exact) mass is 322 g/mol. The van der Waals surface area contributed by atoms with Gasteiger partial charge in [0, 0.05) is 0 Å². The van der Waals surface area contributed by atoms with Crippen LogP contribution in [0.1, 0.15) is 38.0 Å². The largest absolute Gasteiger partial charge is 0.478 e. The minimum Gasteiger partial charge on any atom is -0.478 e. The number of carboxylic acid groups (broad SMARTS) is 2. The summed E-state index contributed by atoms with van der Waals surface area (Å²) in [6, 6.07) is 2.78. The Morgan fingerprint density at radius 2 is 1.74 bits per heavy atom. The number of aliphatic hydroxyl groups excluding tert-OH is 1. The van der Waals surface area contributed by atoms with E-state index in [-0.39, 0.29) is 5.56 Å². The first-order valence-electron chi connectivity index (χ1n) is 6.35. The fourth-order valence-electron chi connectivity index (χ4n) is 1.72. The number of carbonyl (C=O) groups excluding carboxylic acids is 2. The molecule has 0 spiro atoms. The summed E-state index contributed by atoms with van der Waals surface area (Å²) in [6.07, 6.45) is -2.09. The molecule has 0 heterocycles. The molecule has 0 aromatic heterocycles. The van der Waals surface area contributed by atoms with Crippen LogP contribution in [0.25, 0.3) is 0 Å². The Kier molecular flexibility index (Phi) is 5.74. The molecule has 0 fully saturated rings. The van der Waals surface area contributed by atoms with Gasteiger partial charge in [0.25, 0.3) is 0 Å². The normalized spacial score (nSPS) is 12.8. The van der Waals surface area contributed by atoms with Gasteiger partial charge in [-0.25, -0.2) is 14.4 Å². The maximum absolute atomic E-state index is 12.1. The van der Waals surface area contributed by atoms with E-state index >= 15 is 0 Å². The zero-order valence-electron chi connectivity index (χ0n) is 12.1. The number of ether oxygens (including phenoxy) is 1. The van der Waals surface area contributed by atoms with Crippen LogP contribution in [0, 0.1) is 0 Å². The summed E-state index contributed by atoms with van der Waals surface area (Å²) in [6.45, 7) is 4.40. The Labute approximate surface area is 130 Å². The predicted molar refractivity (Wildman–Crippen MR) is 76.4 cm³/mol. The summed E-state index contributed by atoms with van der Waals surface area (Å²) < 4.78 is 4.81. The summed E-state index contributed by atoms with van der Waals surface area (Å²) in [4.78, 5) is 45.7. The molecule has 0 bridgehead atoms. The first-order chi connectivity index (χ1) is 10.7. The van der Waals surface area contributed by atoms with Gasteiger partial charge in [0.1, 0.15) is 0 Å². The molecule has 1 aromatic rings. The molecule has 3 N–H and O–H groups in total. The van der Waals surface area contributed by atoms with E-state index < -0.39 is 47.0 Å². The molecule has 0 aliphatic heterocycles. The molecule has 0 amide bonds. The fraction of sp³-hybridized carbons (Fsp3) is 0.200. The van der Waals surface area contributed by atoms with E-state index in [0.29, 0.717) is 0 Å². The highest BCUT2D eigenvalue weighted by Crippen LogP contribution is 2.16. The van der Waals surface area contributed by atoms with Crippen molar-refractivity contribution in [2.75, 3.05) is 0 Å². The summed E-state index contributed by atoms with van der Waals surface area (Å²) in [5, 5.41) is 27.4. The van der Waals surface area contributed by atoms with Crippen molar-refractivity contribution in [3.05, 3.63) is 47.5 Å². The predicted octanol–water partition coefficient (Wildman–Crippen LogP) is 0.744. The number of esters is 1. The Hall–Kier alpha value is -3.00. The van der Waals surface area contributed by atoms with Crippen LogP contribution >= 0.6 is 0 Å². The lowest BCUT2D eigenvalue weighted by Crippen LogP contribution is -2.36. The van der Waals surface area contributed by atoms with Crippen LogP contribution < -0.4 is 0 Å². The van der Waals surface area contributed by atoms with E-state index in [4.69, 9.17) is 14.9 Å². The number of aliphatic hydroxyl groups is 1. The van der Waals surface area contributed by atoms with Gasteiger partial charge in [-0.2, -0.15) is 0 Å². The van der Waals surface area contributed by atoms with Crippen molar-refractivity contribution < 1.29 is 39.2 Å². The van der Waals surface area contributed by atoms with Crippen molar-refractivity contribution >= 4 is 23.7 Å². The molecule has 0 radical (unpaired) electrons. The van der Waals surface area contributed by atoms with E-state index in [1.54, 1.807) is 0 Å². The second kappa shape index (κ2) is 7.32. The summed E-state index contributed by atoms with van der Waals surface area (Å²) in [5.74, 6) is -4.87. The van der Waals surface area contributed by atoms with Crippen molar-refractivity contribution in [3.63, 3.8) is 0 Å². The van der Waals surface area contributed by atoms with Crippen molar-refractivity contribution in [2.45, 2.75) is 19.1 Å². The van der Waals surface area contributed by atoms with Gasteiger partial charge in [-0.15, -0.1) is 0 Å². The average Bonchev–Trinajstić information content (AvgIpc) is 2.50. The minimum atomic E-state index is -1.57. The molecule has 0 aliphatic rings. The summed E-state index contributed by atoms with van der Waals surface area (Å²) >= 11 is 0. The molecular formula is C15H14O8. The minimum absolute atomic E-state index is 0.328. The molecule has 1 aromatic carbocycles. The Morgan fingerprint density at radius 1 is 1.13 bits per heavy atom. The standard InChI is InChI=1S/C15H14O8/c1-3-11(17)12(7(2)16)23-15(22)10-6-8(13(18)19)4-5-9(10)14(20)21/h3-7,12,16H,1H2,2H3,(H,18,19)(H,20,21). The Morgan fingerprint density at radius 3 is 2.17 bits per heavy atom. The number of benzene rings is 1. The fourth-order valence-corrected chi connectivity index (χ4v) is 1.72. The van der Waals surface area contributed by atoms with E-state index in [1.807, 2.05) is 0 Å². The second-order valence-electron chi connectivity index (χ2n) is 4.54. The SMILES string of the molecule is C=CC(=O)C(OC(=O)c1cc(C(=O)O)ccc1C(=O)O)C(C)O. The maximum atomic E-state index is 12.1. The number of aromatic carboxylic acids is 2. The molecule has 122 valence electrons. The van der Waals surface area contributed by atoms with Gasteiger partial charge in [0.2, 0.25) is 0 Å².